The van der Waals surface area contributed by atoms with E-state index >= 15 is 0 Å². The van der Waals surface area contributed by atoms with Crippen molar-refractivity contribution in [3.63, 3.8) is 0 Å². The van der Waals surface area contributed by atoms with Crippen LogP contribution in [0.3, 0.4) is 0 Å². The van der Waals surface area contributed by atoms with E-state index in [1.165, 1.54) is 0 Å². The van der Waals surface area contributed by atoms with Gasteiger partial charge in [0.2, 0.25) is 6.33 Å². The predicted molar refractivity (Wildman–Crippen MR) is 87.6 cm³/mol. The van der Waals surface area contributed by atoms with Crippen LogP contribution in [0.25, 0.3) is 4.13 Å². The molecule has 0 unspecified atom stereocenters. The van der Waals surface area contributed by atoms with Gasteiger partial charge in [-0.3, -0.25) is 0 Å². The molecule has 0 N–H and O–H groups in total. The second-order valence-corrected chi connectivity index (χ2v) is 8.75. The first kappa shape index (κ1) is 27.6. The first-order valence-corrected chi connectivity index (χ1v) is 10.6. The number of aromatic nitrogens is 2. The van der Waals surface area contributed by atoms with Gasteiger partial charge in [0.25, 0.3) is 0 Å². The molecule has 1 aromatic heterocycles. The monoisotopic (exact) mass is 483 g/mol. The van der Waals surface area contributed by atoms with Gasteiger partial charge in [0, 0.05) is 12.8 Å². The van der Waals surface area contributed by atoms with Crippen LogP contribution in [0.2, 0.25) is 0 Å². The minimum absolute atomic E-state index is 0.604. The molecule has 1 aromatic rings. The third-order valence-corrected chi connectivity index (χ3v) is 5.68. The van der Waals surface area contributed by atoms with E-state index in [1.54, 1.807) is 0 Å². The number of hydrogen-bond donors (Lipinski definition) is 0. The highest BCUT2D eigenvalue weighted by molar-refractivity contribution is 8.13. The third kappa shape index (κ3) is 9.42. The summed E-state index contributed by atoms with van der Waals surface area (Å²) in [5, 5.41) is 16.8. The van der Waals surface area contributed by atoms with Gasteiger partial charge in [-0.15, -0.1) is 0 Å². The molecule has 0 aromatic carbocycles. The summed E-state index contributed by atoms with van der Waals surface area (Å²) < 4.78 is 113. The zero-order valence-corrected chi connectivity index (χ0v) is 16.6. The fraction of sp³-hybridized carbons (Fsp3) is 0.615. The van der Waals surface area contributed by atoms with Crippen LogP contribution in [0.1, 0.15) is 25.7 Å². The molecule has 0 atom stereocenters. The zero-order chi connectivity index (χ0) is 23.6. The van der Waals surface area contributed by atoms with Crippen LogP contribution in [0.4, 0.5) is 26.3 Å². The number of halogens is 6. The van der Waals surface area contributed by atoms with Crippen molar-refractivity contribution >= 4 is 20.0 Å². The molecule has 30 heavy (non-hydrogen) atoms. The van der Waals surface area contributed by atoms with Gasteiger partial charge in [0.1, 0.15) is 12.4 Å². The van der Waals surface area contributed by atoms with E-state index in [4.69, 9.17) is 10.5 Å². The van der Waals surface area contributed by atoms with Gasteiger partial charge in [0.15, 0.2) is 20.0 Å². The van der Waals surface area contributed by atoms with Gasteiger partial charge in [-0.2, -0.15) is 36.9 Å². The standard InChI is InChI=1S/C11H15N4.C2F6NO4S2/c12-5-1-3-7-14-9-10-15(11-14)8-4-2-6-13;3-1(4,5)14(10,11)9-15(12,13)2(6,7)8/h9-11H,1-4,7-8H2;/q+1;-1. The normalized spacial score (nSPS) is 12.4. The van der Waals surface area contributed by atoms with Crippen molar-refractivity contribution in [3.05, 3.63) is 22.8 Å². The van der Waals surface area contributed by atoms with Crippen molar-refractivity contribution in [1.82, 2.24) is 4.57 Å². The average Bonchev–Trinajstić information content (AvgIpc) is 3.01. The maximum absolute atomic E-state index is 11.4. The number of hydrogen-bond acceptors (Lipinski definition) is 6. The minimum Gasteiger partial charge on any atom is -0.421 e. The summed E-state index contributed by atoms with van der Waals surface area (Å²) in [6.07, 6.45) is 9.02. The fourth-order valence-electron chi connectivity index (χ4n) is 1.60. The molecule has 1 heterocycles. The molecular weight excluding hydrogens is 468 g/mol. The summed E-state index contributed by atoms with van der Waals surface area (Å²) >= 11 is 0. The van der Waals surface area contributed by atoms with E-state index < -0.39 is 31.1 Å². The maximum Gasteiger partial charge on any atom is 0.480 e. The first-order valence-electron chi connectivity index (χ1n) is 7.73. The van der Waals surface area contributed by atoms with Crippen molar-refractivity contribution in [2.24, 2.45) is 0 Å². The second-order valence-electron chi connectivity index (χ2n) is 5.33. The van der Waals surface area contributed by atoms with Gasteiger partial charge < -0.3 is 4.13 Å². The molecule has 0 amide bonds. The summed E-state index contributed by atoms with van der Waals surface area (Å²) in [4.78, 5) is 0. The molecular formula is C13H15F6N5O4S2. The lowest BCUT2D eigenvalue weighted by Crippen LogP contribution is -2.30. The Morgan fingerprint density at radius 3 is 1.80 bits per heavy atom. The lowest BCUT2D eigenvalue weighted by Gasteiger charge is -2.22. The Balaban J connectivity index is 0.000000561. The zero-order valence-electron chi connectivity index (χ0n) is 14.9. The van der Waals surface area contributed by atoms with E-state index in [-0.39, 0.29) is 0 Å². The number of sulfonamides is 2. The second kappa shape index (κ2) is 11.1. The Hall–Kier alpha value is -2.37. The van der Waals surface area contributed by atoms with Crippen LogP contribution in [0.15, 0.2) is 18.7 Å². The molecule has 17 heteroatoms. The Morgan fingerprint density at radius 2 is 1.37 bits per heavy atom. The molecule has 1 rings (SSSR count). The summed E-state index contributed by atoms with van der Waals surface area (Å²) in [5.41, 5.74) is -12.4. The molecule has 0 spiro atoms. The quantitative estimate of drug-likeness (QED) is 0.316. The average molecular weight is 483 g/mol. The number of alkyl halides is 6. The van der Waals surface area contributed by atoms with E-state index in [2.05, 4.69) is 21.3 Å². The van der Waals surface area contributed by atoms with Gasteiger partial charge >= 0.3 is 11.0 Å². The Bertz CT molecular complexity index is 895. The molecule has 0 aliphatic rings. The maximum atomic E-state index is 11.4. The number of rotatable bonds is 8. The molecule has 9 nitrogen and oxygen atoms in total. The van der Waals surface area contributed by atoms with Crippen molar-refractivity contribution < 1.29 is 47.7 Å². The van der Waals surface area contributed by atoms with Crippen molar-refractivity contribution in [3.8, 4) is 12.1 Å². The smallest absolute Gasteiger partial charge is 0.421 e. The topological polar surface area (TPSA) is 139 Å². The number of nitriles is 2. The Labute approximate surface area is 168 Å². The minimum atomic E-state index is -6.72. The van der Waals surface area contributed by atoms with Crippen LogP contribution < -0.4 is 4.57 Å². The van der Waals surface area contributed by atoms with Crippen LogP contribution >= 0.6 is 0 Å². The van der Waals surface area contributed by atoms with Crippen molar-refractivity contribution in [2.45, 2.75) is 49.8 Å². The molecule has 0 saturated heterocycles. The number of nitrogens with zero attached hydrogens (tertiary/aromatic N) is 5. The molecule has 170 valence electrons. The number of unbranched alkanes of at least 4 members (excludes halogenated alkanes) is 2. The van der Waals surface area contributed by atoms with Crippen LogP contribution in [-0.2, 0) is 33.1 Å². The highest BCUT2D eigenvalue weighted by Crippen LogP contribution is 2.36. The predicted octanol–water partition coefficient (Wildman–Crippen LogP) is 2.44. The van der Waals surface area contributed by atoms with Crippen LogP contribution in [0.5, 0.6) is 0 Å². The summed E-state index contributed by atoms with van der Waals surface area (Å²) in [7, 11) is -13.4. The SMILES string of the molecule is N#CCCCn1cc[n+](CCCC#N)c1.O=S(=O)([N-]S(=O)(=O)C(F)(F)F)C(F)(F)F. The van der Waals surface area contributed by atoms with Gasteiger partial charge in [0.05, 0.1) is 25.2 Å². The molecule has 0 saturated carbocycles. The molecule has 0 radical (unpaired) electrons. The number of imidazole rings is 1. The first-order chi connectivity index (χ1) is 13.6. The summed E-state index contributed by atoms with van der Waals surface area (Å²) in [6, 6.07) is 4.26. The summed E-state index contributed by atoms with van der Waals surface area (Å²) in [5.74, 6) is 0. The fourth-order valence-corrected chi connectivity index (χ4v) is 3.31. The van der Waals surface area contributed by atoms with Gasteiger partial charge in [-0.25, -0.2) is 26.0 Å². The van der Waals surface area contributed by atoms with E-state index in [1.807, 2.05) is 18.7 Å². The lowest BCUT2D eigenvalue weighted by molar-refractivity contribution is -0.696. The highest BCUT2D eigenvalue weighted by Gasteiger charge is 2.46. The van der Waals surface area contributed by atoms with Crippen molar-refractivity contribution in [1.29, 1.82) is 10.5 Å². The molecule has 0 fully saturated rings. The van der Waals surface area contributed by atoms with Gasteiger partial charge in [-0.05, 0) is 12.8 Å². The Morgan fingerprint density at radius 1 is 0.900 bits per heavy atom. The van der Waals surface area contributed by atoms with E-state index in [0.717, 1.165) is 30.1 Å². The molecule has 0 aliphatic heterocycles. The van der Waals surface area contributed by atoms with Crippen molar-refractivity contribution in [2.75, 3.05) is 0 Å². The molecule has 0 bridgehead atoms. The van der Waals surface area contributed by atoms with E-state index in [0.29, 0.717) is 12.8 Å². The number of aryl methyl sites for hydroxylation is 2. The molecule has 0 aliphatic carbocycles. The largest absolute Gasteiger partial charge is 0.480 e. The third-order valence-electron chi connectivity index (χ3n) is 2.94. The Kier molecular flexibility index (Phi) is 10.3. The lowest BCUT2D eigenvalue weighted by atomic mass is 10.3. The highest BCUT2D eigenvalue weighted by atomic mass is 32.3. The van der Waals surface area contributed by atoms with Crippen LogP contribution in [-0.4, -0.2) is 32.4 Å². The van der Waals surface area contributed by atoms with E-state index in [9.17, 15) is 43.2 Å². The van der Waals surface area contributed by atoms with Gasteiger partial charge in [-0.1, -0.05) is 0 Å². The van der Waals surface area contributed by atoms with Crippen LogP contribution in [0, 0.1) is 22.7 Å². The summed E-state index contributed by atoms with van der Waals surface area (Å²) in [6.45, 7) is 1.78.